The van der Waals surface area contributed by atoms with E-state index < -0.39 is 0 Å². The van der Waals surface area contributed by atoms with Crippen molar-refractivity contribution in [1.82, 2.24) is 0 Å². The number of aromatic hydroxyl groups is 1. The third kappa shape index (κ3) is 4.98. The van der Waals surface area contributed by atoms with Crippen LogP contribution in [0.25, 0.3) is 0 Å². The number of phenolic OH excluding ortho intramolecular Hbond substituents is 1. The van der Waals surface area contributed by atoms with Crippen molar-refractivity contribution in [3.8, 4) is 5.75 Å². The second-order valence-corrected chi connectivity index (χ2v) is 7.83. The first-order valence-electron chi connectivity index (χ1n) is 9.10. The minimum atomic E-state index is -0.188. The molecule has 0 spiro atoms. The standard InChI is InChI=1S/C24H25NO2/c1-24(2,3)20-11-9-19(10-12-20)23(27)25-21-14-18(15-22(26)16-21)13-17-7-5-4-6-8-17/h4-12,14-16,26H,13H2,1-3H3,(H,25,27). The molecule has 0 saturated carbocycles. The van der Waals surface area contributed by atoms with Gasteiger partial charge in [-0.3, -0.25) is 4.79 Å². The number of hydrogen-bond donors (Lipinski definition) is 2. The molecule has 0 saturated heterocycles. The largest absolute Gasteiger partial charge is 0.508 e. The summed E-state index contributed by atoms with van der Waals surface area (Å²) in [6.45, 7) is 6.43. The molecule has 1 amide bonds. The maximum Gasteiger partial charge on any atom is 0.255 e. The molecule has 0 aliphatic rings. The lowest BCUT2D eigenvalue weighted by Crippen LogP contribution is -2.14. The van der Waals surface area contributed by atoms with Crippen LogP contribution < -0.4 is 5.32 Å². The van der Waals surface area contributed by atoms with E-state index in [1.807, 2.05) is 60.7 Å². The molecule has 0 bridgehead atoms. The molecule has 0 atom stereocenters. The van der Waals surface area contributed by atoms with E-state index in [0.717, 1.165) is 11.1 Å². The van der Waals surface area contributed by atoms with Crippen molar-refractivity contribution in [3.05, 3.63) is 95.1 Å². The summed E-state index contributed by atoms with van der Waals surface area (Å²) < 4.78 is 0. The van der Waals surface area contributed by atoms with Gasteiger partial charge >= 0.3 is 0 Å². The van der Waals surface area contributed by atoms with Gasteiger partial charge in [0.2, 0.25) is 0 Å². The Kier molecular flexibility index (Phi) is 5.31. The highest BCUT2D eigenvalue weighted by molar-refractivity contribution is 6.04. The van der Waals surface area contributed by atoms with Gasteiger partial charge in [0.05, 0.1) is 0 Å². The van der Waals surface area contributed by atoms with Crippen LogP contribution >= 0.6 is 0 Å². The monoisotopic (exact) mass is 359 g/mol. The molecule has 3 aromatic rings. The topological polar surface area (TPSA) is 49.3 Å². The number of amides is 1. The fraction of sp³-hybridized carbons (Fsp3) is 0.208. The van der Waals surface area contributed by atoms with E-state index in [4.69, 9.17) is 0 Å². The van der Waals surface area contributed by atoms with Crippen molar-refractivity contribution < 1.29 is 9.90 Å². The van der Waals surface area contributed by atoms with Crippen LogP contribution in [-0.4, -0.2) is 11.0 Å². The minimum absolute atomic E-state index is 0.0482. The highest BCUT2D eigenvalue weighted by Gasteiger charge is 2.14. The van der Waals surface area contributed by atoms with E-state index in [9.17, 15) is 9.90 Å². The number of rotatable bonds is 4. The normalized spacial score (nSPS) is 11.2. The Balaban J connectivity index is 1.76. The van der Waals surface area contributed by atoms with Crippen LogP contribution in [-0.2, 0) is 11.8 Å². The van der Waals surface area contributed by atoms with Gasteiger partial charge in [-0.1, -0.05) is 63.2 Å². The summed E-state index contributed by atoms with van der Waals surface area (Å²) in [7, 11) is 0. The zero-order chi connectivity index (χ0) is 19.4. The van der Waals surface area contributed by atoms with E-state index in [-0.39, 0.29) is 17.1 Å². The molecule has 3 nitrogen and oxygen atoms in total. The van der Waals surface area contributed by atoms with E-state index in [1.54, 1.807) is 12.1 Å². The van der Waals surface area contributed by atoms with Crippen LogP contribution in [0.4, 0.5) is 5.69 Å². The van der Waals surface area contributed by atoms with Crippen molar-refractivity contribution in [3.63, 3.8) is 0 Å². The maximum atomic E-state index is 12.6. The molecule has 0 radical (unpaired) electrons. The SMILES string of the molecule is CC(C)(C)c1ccc(C(=O)Nc2cc(O)cc(Cc3ccccc3)c2)cc1. The van der Waals surface area contributed by atoms with E-state index in [1.165, 1.54) is 5.56 Å². The maximum absolute atomic E-state index is 12.6. The number of anilines is 1. The third-order valence-electron chi connectivity index (χ3n) is 4.50. The molecule has 27 heavy (non-hydrogen) atoms. The lowest BCUT2D eigenvalue weighted by molar-refractivity contribution is 0.102. The number of hydrogen-bond acceptors (Lipinski definition) is 2. The molecular weight excluding hydrogens is 334 g/mol. The molecule has 3 rings (SSSR count). The van der Waals surface area contributed by atoms with Crippen LogP contribution in [0.1, 0.15) is 47.8 Å². The van der Waals surface area contributed by atoms with Crippen LogP contribution in [0.3, 0.4) is 0 Å². The van der Waals surface area contributed by atoms with Crippen molar-refractivity contribution in [1.29, 1.82) is 0 Å². The Morgan fingerprint density at radius 2 is 1.56 bits per heavy atom. The number of carbonyl (C=O) groups is 1. The molecule has 0 unspecified atom stereocenters. The lowest BCUT2D eigenvalue weighted by atomic mass is 9.87. The Hall–Kier alpha value is -3.07. The summed E-state index contributed by atoms with van der Waals surface area (Å²) in [5.41, 5.74) is 4.51. The van der Waals surface area contributed by atoms with Gasteiger partial charge < -0.3 is 10.4 Å². The summed E-state index contributed by atoms with van der Waals surface area (Å²) in [5, 5.41) is 12.9. The first-order valence-corrected chi connectivity index (χ1v) is 9.10. The molecule has 0 fully saturated rings. The highest BCUT2D eigenvalue weighted by Crippen LogP contribution is 2.24. The minimum Gasteiger partial charge on any atom is -0.508 e. The molecule has 0 heterocycles. The number of nitrogens with one attached hydrogen (secondary N) is 1. The number of carbonyl (C=O) groups excluding carboxylic acids is 1. The van der Waals surface area contributed by atoms with Gasteiger partial charge in [0, 0.05) is 17.3 Å². The van der Waals surface area contributed by atoms with Gasteiger partial charge in [0.25, 0.3) is 5.91 Å². The average Bonchev–Trinajstić information content (AvgIpc) is 2.61. The lowest BCUT2D eigenvalue weighted by Gasteiger charge is -2.19. The molecule has 3 aromatic carbocycles. The molecule has 2 N–H and O–H groups in total. The molecule has 0 aliphatic carbocycles. The van der Waals surface area contributed by atoms with Gasteiger partial charge in [-0.15, -0.1) is 0 Å². The van der Waals surface area contributed by atoms with E-state index >= 15 is 0 Å². The summed E-state index contributed by atoms with van der Waals surface area (Å²) in [6, 6.07) is 22.9. The summed E-state index contributed by atoms with van der Waals surface area (Å²) in [4.78, 5) is 12.6. The predicted octanol–water partition coefficient (Wildman–Crippen LogP) is 5.53. The third-order valence-corrected chi connectivity index (χ3v) is 4.50. The number of benzene rings is 3. The Morgan fingerprint density at radius 3 is 2.19 bits per heavy atom. The molecule has 3 heteroatoms. The summed E-state index contributed by atoms with van der Waals surface area (Å²) in [5.74, 6) is -0.0477. The second kappa shape index (κ2) is 7.67. The van der Waals surface area contributed by atoms with Crippen molar-refractivity contribution in [2.75, 3.05) is 5.32 Å². The smallest absolute Gasteiger partial charge is 0.255 e. The summed E-state index contributed by atoms with van der Waals surface area (Å²) >= 11 is 0. The highest BCUT2D eigenvalue weighted by atomic mass is 16.3. The fourth-order valence-electron chi connectivity index (χ4n) is 3.00. The van der Waals surface area contributed by atoms with Crippen molar-refractivity contribution >= 4 is 11.6 Å². The molecule has 0 aliphatic heterocycles. The first-order chi connectivity index (χ1) is 12.8. The molecular formula is C24H25NO2. The first kappa shape index (κ1) is 18.7. The second-order valence-electron chi connectivity index (χ2n) is 7.83. The van der Waals surface area contributed by atoms with Crippen LogP contribution in [0.2, 0.25) is 0 Å². The van der Waals surface area contributed by atoms with Gasteiger partial charge in [-0.2, -0.15) is 0 Å². The van der Waals surface area contributed by atoms with Crippen LogP contribution in [0, 0.1) is 0 Å². The van der Waals surface area contributed by atoms with Gasteiger partial charge in [-0.25, -0.2) is 0 Å². The van der Waals surface area contributed by atoms with Crippen molar-refractivity contribution in [2.24, 2.45) is 0 Å². The Morgan fingerprint density at radius 1 is 0.889 bits per heavy atom. The quantitative estimate of drug-likeness (QED) is 0.643. The van der Waals surface area contributed by atoms with Gasteiger partial charge in [0.15, 0.2) is 0 Å². The molecule has 0 aromatic heterocycles. The Labute approximate surface area is 160 Å². The Bertz CT molecular complexity index is 923. The molecule has 138 valence electrons. The fourth-order valence-corrected chi connectivity index (χ4v) is 3.00. The van der Waals surface area contributed by atoms with Crippen LogP contribution in [0.15, 0.2) is 72.8 Å². The zero-order valence-electron chi connectivity index (χ0n) is 16.0. The number of phenols is 1. The van der Waals surface area contributed by atoms with Crippen LogP contribution in [0.5, 0.6) is 5.75 Å². The summed E-state index contributed by atoms with van der Waals surface area (Å²) in [6.07, 6.45) is 0.693. The average molecular weight is 359 g/mol. The zero-order valence-corrected chi connectivity index (χ0v) is 16.0. The van der Waals surface area contributed by atoms with Crippen molar-refractivity contribution in [2.45, 2.75) is 32.6 Å². The predicted molar refractivity (Wildman–Crippen MR) is 110 cm³/mol. The van der Waals surface area contributed by atoms with E-state index in [2.05, 4.69) is 26.1 Å². The van der Waals surface area contributed by atoms with Gasteiger partial charge in [-0.05, 0) is 52.8 Å². The van der Waals surface area contributed by atoms with E-state index in [0.29, 0.717) is 17.7 Å². The van der Waals surface area contributed by atoms with Gasteiger partial charge in [0.1, 0.15) is 5.75 Å².